The third kappa shape index (κ3) is 3.40. The quantitative estimate of drug-likeness (QED) is 0.888. The highest BCUT2D eigenvalue weighted by Crippen LogP contribution is 2.31. The van der Waals surface area contributed by atoms with Crippen LogP contribution in [0.3, 0.4) is 0 Å². The van der Waals surface area contributed by atoms with Crippen LogP contribution in [0.4, 0.5) is 0 Å². The minimum Gasteiger partial charge on any atom is -0.496 e. The third-order valence-electron chi connectivity index (χ3n) is 3.37. The Kier molecular flexibility index (Phi) is 5.05. The van der Waals surface area contributed by atoms with Crippen LogP contribution in [0.25, 0.3) is 0 Å². The second kappa shape index (κ2) is 6.81. The lowest BCUT2D eigenvalue weighted by molar-refractivity contribution is 0.385. The summed E-state index contributed by atoms with van der Waals surface area (Å²) in [6.45, 7) is 2.01. The highest BCUT2D eigenvalue weighted by Gasteiger charge is 2.16. The van der Waals surface area contributed by atoms with E-state index in [0.29, 0.717) is 11.5 Å². The van der Waals surface area contributed by atoms with Gasteiger partial charge in [0, 0.05) is 17.7 Å². The topological polar surface area (TPSA) is 64.6 Å². The fourth-order valence-electron chi connectivity index (χ4n) is 2.23. The Labute approximate surface area is 130 Å². The zero-order valence-electron chi connectivity index (χ0n) is 12.8. The van der Waals surface area contributed by atoms with Gasteiger partial charge in [-0.15, -0.1) is 0 Å². The van der Waals surface area contributed by atoms with Gasteiger partial charge in [0.25, 0.3) is 0 Å². The predicted octanol–water partition coefficient (Wildman–Crippen LogP) is 2.49. The van der Waals surface area contributed by atoms with E-state index in [9.17, 15) is 8.42 Å². The maximum Gasteiger partial charge on any atom is 0.240 e. The molecule has 0 radical (unpaired) electrons. The van der Waals surface area contributed by atoms with Crippen LogP contribution < -0.4 is 14.2 Å². The second-order valence-electron chi connectivity index (χ2n) is 4.72. The molecule has 0 atom stereocenters. The van der Waals surface area contributed by atoms with E-state index in [4.69, 9.17) is 9.47 Å². The lowest BCUT2D eigenvalue weighted by Crippen LogP contribution is -2.23. The van der Waals surface area contributed by atoms with Crippen LogP contribution in [0, 0.1) is 6.92 Å². The molecular weight excluding hydrogens is 302 g/mol. The molecule has 2 rings (SSSR count). The van der Waals surface area contributed by atoms with Crippen LogP contribution in [-0.2, 0) is 16.6 Å². The molecule has 0 unspecified atom stereocenters. The average Bonchev–Trinajstić information content (AvgIpc) is 2.54. The SMILES string of the molecule is COc1ccc(CNS(=O)(=O)c2ccccc2)c(OC)c1C. The Hall–Kier alpha value is -2.05. The number of rotatable bonds is 6. The molecule has 0 fully saturated rings. The van der Waals surface area contributed by atoms with Crippen molar-refractivity contribution in [2.75, 3.05) is 14.2 Å². The summed E-state index contributed by atoms with van der Waals surface area (Å²) < 4.78 is 37.7. The number of hydrogen-bond acceptors (Lipinski definition) is 4. The number of sulfonamides is 1. The number of ether oxygens (including phenoxy) is 2. The van der Waals surface area contributed by atoms with Gasteiger partial charge in [0.05, 0.1) is 19.1 Å². The molecule has 0 bridgehead atoms. The molecule has 0 aliphatic carbocycles. The summed E-state index contributed by atoms with van der Waals surface area (Å²) in [7, 11) is -0.413. The van der Waals surface area contributed by atoms with Gasteiger partial charge in [-0.25, -0.2) is 13.1 Å². The third-order valence-corrected chi connectivity index (χ3v) is 4.79. The van der Waals surface area contributed by atoms with Crippen molar-refractivity contribution < 1.29 is 17.9 Å². The van der Waals surface area contributed by atoms with Crippen LogP contribution in [0.1, 0.15) is 11.1 Å². The zero-order valence-corrected chi connectivity index (χ0v) is 13.6. The summed E-state index contributed by atoms with van der Waals surface area (Å²) in [5, 5.41) is 0. The van der Waals surface area contributed by atoms with Gasteiger partial charge in [-0.05, 0) is 25.1 Å². The van der Waals surface area contributed by atoms with Gasteiger partial charge in [-0.2, -0.15) is 0 Å². The van der Waals surface area contributed by atoms with E-state index in [1.54, 1.807) is 56.7 Å². The van der Waals surface area contributed by atoms with Crippen molar-refractivity contribution in [1.29, 1.82) is 0 Å². The summed E-state index contributed by atoms with van der Waals surface area (Å²) in [5.74, 6) is 1.32. The fraction of sp³-hybridized carbons (Fsp3) is 0.250. The monoisotopic (exact) mass is 321 g/mol. The van der Waals surface area contributed by atoms with Crippen LogP contribution in [0.5, 0.6) is 11.5 Å². The zero-order chi connectivity index (χ0) is 16.2. The standard InChI is InChI=1S/C16H19NO4S/c1-12-15(20-2)10-9-13(16(12)21-3)11-17-22(18,19)14-7-5-4-6-8-14/h4-10,17H,11H2,1-3H3. The maximum absolute atomic E-state index is 12.2. The molecule has 0 heterocycles. The molecule has 118 valence electrons. The Morgan fingerprint density at radius 1 is 1.00 bits per heavy atom. The largest absolute Gasteiger partial charge is 0.496 e. The summed E-state index contributed by atoms with van der Waals surface area (Å²) in [6, 6.07) is 11.8. The second-order valence-corrected chi connectivity index (χ2v) is 6.49. The smallest absolute Gasteiger partial charge is 0.240 e. The summed E-state index contributed by atoms with van der Waals surface area (Å²) in [6.07, 6.45) is 0. The normalized spacial score (nSPS) is 11.2. The van der Waals surface area contributed by atoms with Crippen molar-refractivity contribution in [1.82, 2.24) is 4.72 Å². The molecule has 1 N–H and O–H groups in total. The molecule has 2 aromatic carbocycles. The van der Waals surface area contributed by atoms with E-state index in [-0.39, 0.29) is 11.4 Å². The molecule has 0 aliphatic rings. The predicted molar refractivity (Wildman–Crippen MR) is 84.8 cm³/mol. The van der Waals surface area contributed by atoms with E-state index in [1.807, 2.05) is 6.92 Å². The fourth-order valence-corrected chi connectivity index (χ4v) is 3.26. The van der Waals surface area contributed by atoms with Gasteiger partial charge in [-0.3, -0.25) is 0 Å². The first-order chi connectivity index (χ1) is 10.5. The Morgan fingerprint density at radius 2 is 1.68 bits per heavy atom. The summed E-state index contributed by atoms with van der Waals surface area (Å²) in [5.41, 5.74) is 1.58. The van der Waals surface area contributed by atoms with Crippen LogP contribution >= 0.6 is 0 Å². The molecule has 5 nitrogen and oxygen atoms in total. The van der Waals surface area contributed by atoms with Crippen molar-refractivity contribution in [3.8, 4) is 11.5 Å². The molecule has 0 amide bonds. The minimum atomic E-state index is -3.55. The highest BCUT2D eigenvalue weighted by atomic mass is 32.2. The number of benzene rings is 2. The molecular formula is C16H19NO4S. The lowest BCUT2D eigenvalue weighted by Gasteiger charge is -2.15. The Balaban J connectivity index is 2.24. The van der Waals surface area contributed by atoms with Crippen LogP contribution in [-0.4, -0.2) is 22.6 Å². The minimum absolute atomic E-state index is 0.144. The van der Waals surface area contributed by atoms with E-state index in [0.717, 1.165) is 11.1 Å². The van der Waals surface area contributed by atoms with E-state index in [1.165, 1.54) is 0 Å². The van der Waals surface area contributed by atoms with Gasteiger partial charge < -0.3 is 9.47 Å². The molecule has 0 saturated heterocycles. The molecule has 6 heteroatoms. The number of nitrogens with one attached hydrogen (secondary N) is 1. The Bertz CT molecular complexity index is 742. The molecule has 2 aromatic rings. The van der Waals surface area contributed by atoms with Crippen molar-refractivity contribution in [2.24, 2.45) is 0 Å². The first kappa shape index (κ1) is 16.3. The molecule has 0 spiro atoms. The van der Waals surface area contributed by atoms with E-state index >= 15 is 0 Å². The van der Waals surface area contributed by atoms with Gasteiger partial charge >= 0.3 is 0 Å². The van der Waals surface area contributed by atoms with Gasteiger partial charge in [0.1, 0.15) is 11.5 Å². The van der Waals surface area contributed by atoms with E-state index < -0.39 is 10.0 Å². The van der Waals surface area contributed by atoms with Gasteiger partial charge in [-0.1, -0.05) is 24.3 Å². The highest BCUT2D eigenvalue weighted by molar-refractivity contribution is 7.89. The van der Waals surface area contributed by atoms with E-state index in [2.05, 4.69) is 4.72 Å². The van der Waals surface area contributed by atoms with Crippen molar-refractivity contribution >= 4 is 10.0 Å². The lowest BCUT2D eigenvalue weighted by atomic mass is 10.1. The first-order valence-electron chi connectivity index (χ1n) is 6.74. The van der Waals surface area contributed by atoms with Crippen molar-refractivity contribution in [2.45, 2.75) is 18.4 Å². The molecule has 0 saturated carbocycles. The Morgan fingerprint density at radius 3 is 2.27 bits per heavy atom. The molecule has 0 aliphatic heterocycles. The summed E-state index contributed by atoms with van der Waals surface area (Å²) in [4.78, 5) is 0.235. The van der Waals surface area contributed by atoms with Gasteiger partial charge in [0.2, 0.25) is 10.0 Å². The van der Waals surface area contributed by atoms with Gasteiger partial charge in [0.15, 0.2) is 0 Å². The molecule has 22 heavy (non-hydrogen) atoms. The molecule has 0 aromatic heterocycles. The number of hydrogen-bond donors (Lipinski definition) is 1. The van der Waals surface area contributed by atoms with Crippen LogP contribution in [0.15, 0.2) is 47.4 Å². The first-order valence-corrected chi connectivity index (χ1v) is 8.23. The van der Waals surface area contributed by atoms with Crippen LogP contribution in [0.2, 0.25) is 0 Å². The van der Waals surface area contributed by atoms with Crippen molar-refractivity contribution in [3.63, 3.8) is 0 Å². The summed E-state index contributed by atoms with van der Waals surface area (Å²) >= 11 is 0. The maximum atomic E-state index is 12.2. The average molecular weight is 321 g/mol. The van der Waals surface area contributed by atoms with Crippen molar-refractivity contribution in [3.05, 3.63) is 53.6 Å². The number of methoxy groups -OCH3 is 2.